The molecule has 0 amide bonds. The summed E-state index contributed by atoms with van der Waals surface area (Å²) in [5.74, 6) is 0. The zero-order valence-corrected chi connectivity index (χ0v) is 14.0. The minimum absolute atomic E-state index is 0.678. The van der Waals surface area contributed by atoms with Gasteiger partial charge in [-0.2, -0.15) is 5.10 Å². The molecule has 1 aromatic carbocycles. The van der Waals surface area contributed by atoms with Crippen LogP contribution < -0.4 is 5.43 Å². The lowest BCUT2D eigenvalue weighted by Crippen LogP contribution is -1.96. The molecule has 2 aromatic rings. The largest absolute Gasteiger partial charge is 0.377 e. The zero-order chi connectivity index (χ0) is 15.6. The van der Waals surface area contributed by atoms with Crippen molar-refractivity contribution in [1.29, 1.82) is 0 Å². The highest BCUT2D eigenvalue weighted by molar-refractivity contribution is 7.13. The third-order valence-electron chi connectivity index (χ3n) is 3.13. The van der Waals surface area contributed by atoms with E-state index in [0.29, 0.717) is 6.61 Å². The number of anilines is 1. The molecule has 1 aromatic heterocycles. The van der Waals surface area contributed by atoms with Gasteiger partial charge in [0.15, 0.2) is 0 Å². The number of hydrazone groups is 1. The number of thiazole rings is 1. The van der Waals surface area contributed by atoms with Crippen LogP contribution in [-0.4, -0.2) is 17.8 Å². The van der Waals surface area contributed by atoms with Crippen molar-refractivity contribution < 1.29 is 4.74 Å². The van der Waals surface area contributed by atoms with Gasteiger partial charge in [0.2, 0.25) is 5.13 Å². The van der Waals surface area contributed by atoms with E-state index in [0.717, 1.165) is 29.4 Å². The monoisotopic (exact) mass is 317 g/mol. The Balaban J connectivity index is 1.74. The van der Waals surface area contributed by atoms with Crippen LogP contribution in [0.4, 0.5) is 5.13 Å². The van der Waals surface area contributed by atoms with E-state index in [1.54, 1.807) is 17.6 Å². The number of benzene rings is 1. The van der Waals surface area contributed by atoms with Gasteiger partial charge in [-0.1, -0.05) is 44.0 Å². The lowest BCUT2D eigenvalue weighted by atomic mass is 10.1. The zero-order valence-electron chi connectivity index (χ0n) is 13.2. The van der Waals surface area contributed by atoms with Crippen LogP contribution in [0.1, 0.15) is 43.0 Å². The molecule has 0 aliphatic carbocycles. The molecule has 0 spiro atoms. The molecule has 0 fully saturated rings. The van der Waals surface area contributed by atoms with E-state index < -0.39 is 0 Å². The van der Waals surface area contributed by atoms with E-state index in [1.807, 2.05) is 24.4 Å². The van der Waals surface area contributed by atoms with Gasteiger partial charge in [-0.3, -0.25) is 5.43 Å². The van der Waals surface area contributed by atoms with Crippen molar-refractivity contribution in [2.45, 2.75) is 39.7 Å². The summed E-state index contributed by atoms with van der Waals surface area (Å²) in [4.78, 5) is 4.29. The van der Waals surface area contributed by atoms with Crippen LogP contribution in [0.3, 0.4) is 0 Å². The molecule has 0 aliphatic heterocycles. The predicted molar refractivity (Wildman–Crippen MR) is 93.7 cm³/mol. The van der Waals surface area contributed by atoms with Crippen molar-refractivity contribution >= 4 is 22.7 Å². The first-order valence-electron chi connectivity index (χ1n) is 7.66. The van der Waals surface area contributed by atoms with Gasteiger partial charge in [0, 0.05) is 12.0 Å². The quantitative estimate of drug-likeness (QED) is 0.417. The second-order valence-corrected chi connectivity index (χ2v) is 6.02. The second-order valence-electron chi connectivity index (χ2n) is 5.17. The fourth-order valence-electron chi connectivity index (χ4n) is 1.91. The van der Waals surface area contributed by atoms with E-state index in [2.05, 4.69) is 34.6 Å². The molecule has 2 rings (SSSR count). The average molecular weight is 317 g/mol. The Morgan fingerprint density at radius 2 is 2.09 bits per heavy atom. The number of unbranched alkanes of at least 4 members (excludes halogenated alkanes) is 2. The fraction of sp³-hybridized carbons (Fsp3) is 0.412. The summed E-state index contributed by atoms with van der Waals surface area (Å²) < 4.78 is 5.65. The maximum atomic E-state index is 5.65. The molecule has 0 atom stereocenters. The van der Waals surface area contributed by atoms with Crippen molar-refractivity contribution in [3.63, 3.8) is 0 Å². The van der Waals surface area contributed by atoms with Gasteiger partial charge in [0.25, 0.3) is 0 Å². The first-order valence-corrected chi connectivity index (χ1v) is 8.54. The maximum absolute atomic E-state index is 5.65. The standard InChI is InChI=1S/C17H23N3OS/c1-3-4-5-10-21-12-16-8-6-15(7-9-16)11-18-20-17-19-14(2)13-22-17/h6-9,11,13H,3-5,10,12H2,1-2H3,(H,19,20). The topological polar surface area (TPSA) is 46.5 Å². The van der Waals surface area contributed by atoms with Crippen molar-refractivity contribution in [2.24, 2.45) is 5.10 Å². The lowest BCUT2D eigenvalue weighted by Gasteiger charge is -2.04. The minimum atomic E-state index is 0.678. The van der Waals surface area contributed by atoms with Gasteiger partial charge in [-0.15, -0.1) is 11.3 Å². The number of hydrogen-bond donors (Lipinski definition) is 1. The third-order valence-corrected chi connectivity index (χ3v) is 4.00. The summed E-state index contributed by atoms with van der Waals surface area (Å²) in [6.07, 6.45) is 5.40. The van der Waals surface area contributed by atoms with Crippen LogP contribution >= 0.6 is 11.3 Å². The number of aromatic nitrogens is 1. The second kappa shape index (κ2) is 9.33. The Kier molecular flexibility index (Phi) is 7.06. The predicted octanol–water partition coefficient (Wildman–Crippen LogP) is 4.60. The van der Waals surface area contributed by atoms with Gasteiger partial charge < -0.3 is 4.74 Å². The molecule has 0 radical (unpaired) electrons. The van der Waals surface area contributed by atoms with Crippen molar-refractivity contribution in [2.75, 3.05) is 12.0 Å². The Bertz CT molecular complexity index is 578. The van der Waals surface area contributed by atoms with E-state index in [1.165, 1.54) is 18.4 Å². The fourth-order valence-corrected chi connectivity index (χ4v) is 2.55. The first kappa shape index (κ1) is 16.6. The normalized spacial score (nSPS) is 11.2. The molecule has 0 aliphatic rings. The van der Waals surface area contributed by atoms with Crippen molar-refractivity contribution in [3.8, 4) is 0 Å². The highest BCUT2D eigenvalue weighted by Crippen LogP contribution is 2.14. The van der Waals surface area contributed by atoms with Gasteiger partial charge in [0.1, 0.15) is 0 Å². The Morgan fingerprint density at radius 1 is 1.27 bits per heavy atom. The van der Waals surface area contributed by atoms with Crippen LogP contribution in [0.5, 0.6) is 0 Å². The number of aryl methyl sites for hydroxylation is 1. The molecule has 0 bridgehead atoms. The molecule has 0 saturated heterocycles. The van der Waals surface area contributed by atoms with E-state index in [4.69, 9.17) is 4.74 Å². The number of nitrogens with one attached hydrogen (secondary N) is 1. The lowest BCUT2D eigenvalue weighted by molar-refractivity contribution is 0.117. The third kappa shape index (κ3) is 5.95. The number of ether oxygens (including phenoxy) is 1. The molecular formula is C17H23N3OS. The van der Waals surface area contributed by atoms with E-state index >= 15 is 0 Å². The van der Waals surface area contributed by atoms with Crippen LogP contribution in [0, 0.1) is 6.92 Å². The van der Waals surface area contributed by atoms with Gasteiger partial charge in [-0.25, -0.2) is 4.98 Å². The van der Waals surface area contributed by atoms with Gasteiger partial charge >= 0.3 is 0 Å². The average Bonchev–Trinajstić information content (AvgIpc) is 2.94. The van der Waals surface area contributed by atoms with Crippen LogP contribution in [-0.2, 0) is 11.3 Å². The number of nitrogens with zero attached hydrogens (tertiary/aromatic N) is 2. The molecule has 1 heterocycles. The van der Waals surface area contributed by atoms with Crippen LogP contribution in [0.25, 0.3) is 0 Å². The summed E-state index contributed by atoms with van der Waals surface area (Å²) >= 11 is 1.55. The maximum Gasteiger partial charge on any atom is 0.203 e. The van der Waals surface area contributed by atoms with Crippen LogP contribution in [0.15, 0.2) is 34.7 Å². The molecular weight excluding hydrogens is 294 g/mol. The van der Waals surface area contributed by atoms with E-state index in [-0.39, 0.29) is 0 Å². The highest BCUT2D eigenvalue weighted by Gasteiger charge is 1.96. The SMILES string of the molecule is CCCCCOCc1ccc(C=NNc2nc(C)cs2)cc1. The van der Waals surface area contributed by atoms with Crippen molar-refractivity contribution in [1.82, 2.24) is 4.98 Å². The Morgan fingerprint density at radius 3 is 2.77 bits per heavy atom. The summed E-state index contributed by atoms with van der Waals surface area (Å²) in [6.45, 7) is 5.69. The smallest absolute Gasteiger partial charge is 0.203 e. The molecule has 22 heavy (non-hydrogen) atoms. The summed E-state index contributed by atoms with van der Waals surface area (Å²) in [6, 6.07) is 8.25. The molecule has 1 N–H and O–H groups in total. The number of rotatable bonds is 9. The summed E-state index contributed by atoms with van der Waals surface area (Å²) in [5.41, 5.74) is 6.18. The van der Waals surface area contributed by atoms with Gasteiger partial charge in [-0.05, 0) is 24.5 Å². The van der Waals surface area contributed by atoms with Crippen molar-refractivity contribution in [3.05, 3.63) is 46.5 Å². The molecule has 0 unspecified atom stereocenters. The molecule has 118 valence electrons. The van der Waals surface area contributed by atoms with Gasteiger partial charge in [0.05, 0.1) is 18.5 Å². The summed E-state index contributed by atoms with van der Waals surface area (Å²) in [7, 11) is 0. The first-order chi connectivity index (χ1) is 10.8. The van der Waals surface area contributed by atoms with E-state index in [9.17, 15) is 0 Å². The molecule has 5 heteroatoms. The van der Waals surface area contributed by atoms with Crippen LogP contribution in [0.2, 0.25) is 0 Å². The summed E-state index contributed by atoms with van der Waals surface area (Å²) in [5, 5.41) is 7.00. The minimum Gasteiger partial charge on any atom is -0.377 e. The number of hydrogen-bond acceptors (Lipinski definition) is 5. The Hall–Kier alpha value is -1.72. The molecule has 0 saturated carbocycles. The Labute approximate surface area is 136 Å². The molecule has 4 nitrogen and oxygen atoms in total. The highest BCUT2D eigenvalue weighted by atomic mass is 32.1.